The molecule has 8 heteroatoms. The molecule has 0 bridgehead atoms. The van der Waals surface area contributed by atoms with Crippen molar-refractivity contribution < 1.29 is 4.92 Å². The van der Waals surface area contributed by atoms with E-state index in [1.54, 1.807) is 12.4 Å². The van der Waals surface area contributed by atoms with Crippen molar-refractivity contribution >= 4 is 34.6 Å². The Morgan fingerprint density at radius 2 is 2.05 bits per heavy atom. The van der Waals surface area contributed by atoms with Crippen LogP contribution < -0.4 is 5.32 Å². The van der Waals surface area contributed by atoms with Gasteiger partial charge < -0.3 is 5.32 Å². The van der Waals surface area contributed by atoms with Gasteiger partial charge in [-0.25, -0.2) is 0 Å². The van der Waals surface area contributed by atoms with Gasteiger partial charge in [-0.2, -0.15) is 5.10 Å². The van der Waals surface area contributed by atoms with Crippen LogP contribution in [0.1, 0.15) is 18.5 Å². The van der Waals surface area contributed by atoms with Crippen LogP contribution in [0.3, 0.4) is 0 Å². The van der Waals surface area contributed by atoms with Crippen LogP contribution in [0.5, 0.6) is 0 Å². The molecule has 2 aromatic rings. The first-order valence-electron chi connectivity index (χ1n) is 5.37. The van der Waals surface area contributed by atoms with Gasteiger partial charge in [0, 0.05) is 23.9 Å². The highest BCUT2D eigenvalue weighted by Gasteiger charge is 2.16. The topological polar surface area (TPSA) is 83.8 Å². The standard InChI is InChI=1S/C11H10Cl2N4O2/c1-6(7-4-14-15-5-7)16-11-9(12)2-8(17(18)19)3-10(11)13/h2-6,16H,1H3,(H,14,15). The van der Waals surface area contributed by atoms with E-state index < -0.39 is 4.92 Å². The monoisotopic (exact) mass is 300 g/mol. The smallest absolute Gasteiger partial charge is 0.272 e. The van der Waals surface area contributed by atoms with Crippen LogP contribution in [0.2, 0.25) is 10.0 Å². The number of aromatic amines is 1. The second-order valence-corrected chi connectivity index (χ2v) is 4.75. The van der Waals surface area contributed by atoms with Gasteiger partial charge in [0.1, 0.15) is 0 Å². The fourth-order valence-corrected chi connectivity index (χ4v) is 2.19. The van der Waals surface area contributed by atoms with Crippen molar-refractivity contribution in [2.45, 2.75) is 13.0 Å². The van der Waals surface area contributed by atoms with Gasteiger partial charge in [-0.05, 0) is 6.92 Å². The van der Waals surface area contributed by atoms with E-state index >= 15 is 0 Å². The summed E-state index contributed by atoms with van der Waals surface area (Å²) in [6, 6.07) is 2.44. The Kier molecular flexibility index (Phi) is 3.92. The molecule has 1 unspecified atom stereocenters. The van der Waals surface area contributed by atoms with Gasteiger partial charge in [0.25, 0.3) is 5.69 Å². The van der Waals surface area contributed by atoms with E-state index in [9.17, 15) is 10.1 Å². The maximum atomic E-state index is 10.7. The number of non-ortho nitro benzene ring substituents is 1. The predicted octanol–water partition coefficient (Wildman–Crippen LogP) is 3.80. The van der Waals surface area contributed by atoms with E-state index in [0.717, 1.165) is 5.56 Å². The minimum atomic E-state index is -0.541. The Hall–Kier alpha value is -1.79. The summed E-state index contributed by atoms with van der Waals surface area (Å²) in [4.78, 5) is 10.1. The molecule has 19 heavy (non-hydrogen) atoms. The lowest BCUT2D eigenvalue weighted by molar-refractivity contribution is -0.384. The van der Waals surface area contributed by atoms with Gasteiger partial charge in [-0.3, -0.25) is 15.2 Å². The summed E-state index contributed by atoms with van der Waals surface area (Å²) in [5, 5.41) is 20.7. The van der Waals surface area contributed by atoms with E-state index in [-0.39, 0.29) is 21.8 Å². The lowest BCUT2D eigenvalue weighted by Gasteiger charge is -2.16. The van der Waals surface area contributed by atoms with Crippen LogP contribution in [0.4, 0.5) is 11.4 Å². The molecule has 2 rings (SSSR count). The summed E-state index contributed by atoms with van der Waals surface area (Å²) in [5.74, 6) is 0. The van der Waals surface area contributed by atoms with Gasteiger partial charge >= 0.3 is 0 Å². The number of hydrogen-bond acceptors (Lipinski definition) is 4. The number of nitrogens with zero attached hydrogens (tertiary/aromatic N) is 2. The largest absolute Gasteiger partial charge is 0.376 e. The highest BCUT2D eigenvalue weighted by molar-refractivity contribution is 6.39. The number of halogens is 2. The van der Waals surface area contributed by atoms with Crippen LogP contribution in [0.15, 0.2) is 24.5 Å². The van der Waals surface area contributed by atoms with Crippen LogP contribution in [0.25, 0.3) is 0 Å². The van der Waals surface area contributed by atoms with E-state index in [1.807, 2.05) is 6.92 Å². The molecule has 0 fully saturated rings. The first kappa shape index (κ1) is 13.6. The molecule has 6 nitrogen and oxygen atoms in total. The van der Waals surface area contributed by atoms with E-state index in [4.69, 9.17) is 23.2 Å². The maximum absolute atomic E-state index is 10.7. The Balaban J connectivity index is 2.28. The van der Waals surface area contributed by atoms with Crippen molar-refractivity contribution in [3.8, 4) is 0 Å². The molecule has 0 spiro atoms. The van der Waals surface area contributed by atoms with Crippen LogP contribution in [-0.2, 0) is 0 Å². The number of H-pyrrole nitrogens is 1. The van der Waals surface area contributed by atoms with Crippen LogP contribution >= 0.6 is 23.2 Å². The number of anilines is 1. The van der Waals surface area contributed by atoms with Crippen LogP contribution in [-0.4, -0.2) is 15.1 Å². The number of aromatic nitrogens is 2. The van der Waals surface area contributed by atoms with Gasteiger partial charge in [0.05, 0.1) is 32.9 Å². The normalized spacial score (nSPS) is 12.2. The zero-order valence-electron chi connectivity index (χ0n) is 9.85. The van der Waals surface area contributed by atoms with Crippen molar-refractivity contribution in [3.05, 3.63) is 50.2 Å². The average Bonchev–Trinajstić information content (AvgIpc) is 2.86. The number of rotatable bonds is 4. The number of nitro benzene ring substituents is 1. The quantitative estimate of drug-likeness (QED) is 0.664. The first-order chi connectivity index (χ1) is 8.99. The number of nitrogens with one attached hydrogen (secondary N) is 2. The summed E-state index contributed by atoms with van der Waals surface area (Å²) in [7, 11) is 0. The summed E-state index contributed by atoms with van der Waals surface area (Å²) in [5.41, 5.74) is 1.24. The van der Waals surface area contributed by atoms with E-state index in [0.29, 0.717) is 5.69 Å². The van der Waals surface area contributed by atoms with Gasteiger partial charge in [-0.15, -0.1) is 0 Å². The molecule has 0 aliphatic heterocycles. The molecule has 0 radical (unpaired) electrons. The molecule has 2 N–H and O–H groups in total. The van der Waals surface area contributed by atoms with Crippen molar-refractivity contribution in [1.29, 1.82) is 0 Å². The van der Waals surface area contributed by atoms with Crippen molar-refractivity contribution in [2.75, 3.05) is 5.32 Å². The Morgan fingerprint density at radius 1 is 1.42 bits per heavy atom. The Morgan fingerprint density at radius 3 is 2.53 bits per heavy atom. The molecular formula is C11H10Cl2N4O2. The van der Waals surface area contributed by atoms with Crippen molar-refractivity contribution in [2.24, 2.45) is 0 Å². The maximum Gasteiger partial charge on any atom is 0.272 e. The number of hydrogen-bond donors (Lipinski definition) is 2. The lowest BCUT2D eigenvalue weighted by atomic mass is 10.2. The number of nitro groups is 1. The molecule has 0 saturated carbocycles. The molecule has 1 aromatic heterocycles. The zero-order valence-corrected chi connectivity index (χ0v) is 11.4. The summed E-state index contributed by atoms with van der Waals surface area (Å²) < 4.78 is 0. The molecule has 100 valence electrons. The molecule has 1 atom stereocenters. The summed E-state index contributed by atoms with van der Waals surface area (Å²) in [6.07, 6.45) is 3.41. The molecule has 1 aromatic carbocycles. The molecular weight excluding hydrogens is 291 g/mol. The molecule has 0 amide bonds. The highest BCUT2D eigenvalue weighted by Crippen LogP contribution is 2.36. The van der Waals surface area contributed by atoms with E-state index in [2.05, 4.69) is 15.5 Å². The second kappa shape index (κ2) is 5.46. The predicted molar refractivity (Wildman–Crippen MR) is 73.7 cm³/mol. The fraction of sp³-hybridized carbons (Fsp3) is 0.182. The van der Waals surface area contributed by atoms with Crippen molar-refractivity contribution in [3.63, 3.8) is 0 Å². The average molecular weight is 301 g/mol. The highest BCUT2D eigenvalue weighted by atomic mass is 35.5. The SMILES string of the molecule is CC(Nc1c(Cl)cc([N+](=O)[O-])cc1Cl)c1cn[nH]c1. The fourth-order valence-electron chi connectivity index (χ4n) is 1.60. The molecule has 0 saturated heterocycles. The third-order valence-corrected chi connectivity index (χ3v) is 3.21. The Labute approximate surface area is 118 Å². The first-order valence-corrected chi connectivity index (χ1v) is 6.13. The van der Waals surface area contributed by atoms with Gasteiger partial charge in [0.15, 0.2) is 0 Å². The molecule has 0 aliphatic carbocycles. The van der Waals surface area contributed by atoms with Gasteiger partial charge in [0.2, 0.25) is 0 Å². The Bertz CT molecular complexity index is 578. The summed E-state index contributed by atoms with van der Waals surface area (Å²) >= 11 is 12.0. The minimum Gasteiger partial charge on any atom is -0.376 e. The second-order valence-electron chi connectivity index (χ2n) is 3.94. The molecule has 1 heterocycles. The van der Waals surface area contributed by atoms with Gasteiger partial charge in [-0.1, -0.05) is 23.2 Å². The number of benzene rings is 1. The van der Waals surface area contributed by atoms with Crippen molar-refractivity contribution in [1.82, 2.24) is 10.2 Å². The van der Waals surface area contributed by atoms with Crippen LogP contribution in [0, 0.1) is 10.1 Å². The zero-order chi connectivity index (χ0) is 14.0. The van der Waals surface area contributed by atoms with E-state index in [1.165, 1.54) is 12.1 Å². The third kappa shape index (κ3) is 2.97. The lowest BCUT2D eigenvalue weighted by Crippen LogP contribution is -2.07. The third-order valence-electron chi connectivity index (χ3n) is 2.62. The minimum absolute atomic E-state index is 0.0878. The molecule has 0 aliphatic rings. The summed E-state index contributed by atoms with van der Waals surface area (Å²) in [6.45, 7) is 1.90.